The van der Waals surface area contributed by atoms with Crippen LogP contribution >= 0.6 is 15.9 Å². The number of likely N-dealkylation sites (tertiary alicyclic amines) is 1. The fourth-order valence-corrected chi connectivity index (χ4v) is 3.05. The maximum absolute atomic E-state index is 5.99. The predicted molar refractivity (Wildman–Crippen MR) is 79.5 cm³/mol. The number of ether oxygens (including phenoxy) is 2. The summed E-state index contributed by atoms with van der Waals surface area (Å²) < 4.78 is 11.9. The van der Waals surface area contributed by atoms with Crippen LogP contribution in [-0.2, 0) is 4.74 Å². The maximum Gasteiger partial charge on any atom is 0.123 e. The van der Waals surface area contributed by atoms with Crippen molar-refractivity contribution in [1.82, 2.24) is 4.90 Å². The van der Waals surface area contributed by atoms with Gasteiger partial charge in [-0.1, -0.05) is 15.9 Å². The Morgan fingerprint density at radius 2 is 2.26 bits per heavy atom. The average molecular weight is 329 g/mol. The average Bonchev–Trinajstić information content (AvgIpc) is 2.89. The number of halogens is 1. The minimum Gasteiger partial charge on any atom is -0.496 e. The molecule has 5 heteroatoms. The Balaban J connectivity index is 2.24. The minimum atomic E-state index is 0.174. The van der Waals surface area contributed by atoms with E-state index in [1.807, 2.05) is 12.1 Å². The van der Waals surface area contributed by atoms with Crippen molar-refractivity contribution in [2.75, 3.05) is 33.9 Å². The van der Waals surface area contributed by atoms with Crippen LogP contribution in [0.2, 0.25) is 0 Å². The second kappa shape index (κ2) is 6.70. The highest BCUT2D eigenvalue weighted by Crippen LogP contribution is 2.33. The van der Waals surface area contributed by atoms with E-state index in [4.69, 9.17) is 15.2 Å². The van der Waals surface area contributed by atoms with E-state index in [0.29, 0.717) is 12.6 Å². The van der Waals surface area contributed by atoms with Crippen molar-refractivity contribution in [2.24, 2.45) is 5.73 Å². The molecule has 1 aliphatic rings. The maximum atomic E-state index is 5.99. The Kier molecular flexibility index (Phi) is 5.21. The van der Waals surface area contributed by atoms with Gasteiger partial charge in [0.2, 0.25) is 0 Å². The first-order valence-corrected chi connectivity index (χ1v) is 7.29. The van der Waals surface area contributed by atoms with Crippen LogP contribution in [0.1, 0.15) is 18.0 Å². The van der Waals surface area contributed by atoms with Crippen molar-refractivity contribution >= 4 is 15.9 Å². The van der Waals surface area contributed by atoms with Crippen LogP contribution < -0.4 is 10.5 Å². The molecule has 1 heterocycles. The quantitative estimate of drug-likeness (QED) is 0.900. The van der Waals surface area contributed by atoms with E-state index < -0.39 is 0 Å². The van der Waals surface area contributed by atoms with Crippen LogP contribution in [0.5, 0.6) is 5.75 Å². The van der Waals surface area contributed by atoms with Crippen LogP contribution in [0.15, 0.2) is 22.7 Å². The van der Waals surface area contributed by atoms with Gasteiger partial charge in [0, 0.05) is 36.8 Å². The third-order valence-electron chi connectivity index (χ3n) is 3.72. The highest BCUT2D eigenvalue weighted by Gasteiger charge is 2.29. The zero-order valence-corrected chi connectivity index (χ0v) is 13.0. The van der Waals surface area contributed by atoms with Gasteiger partial charge in [-0.3, -0.25) is 4.90 Å². The van der Waals surface area contributed by atoms with E-state index in [1.165, 1.54) is 0 Å². The lowest BCUT2D eigenvalue weighted by Crippen LogP contribution is -2.33. The number of methoxy groups -OCH3 is 2. The molecule has 1 fully saturated rings. The number of benzene rings is 1. The molecule has 0 amide bonds. The van der Waals surface area contributed by atoms with Crippen molar-refractivity contribution in [3.8, 4) is 5.75 Å². The molecule has 1 aromatic carbocycles. The SMILES string of the molecule is COc1ccc(Br)cc1C(CN)N1CCC(OC)C1. The van der Waals surface area contributed by atoms with Crippen molar-refractivity contribution in [3.63, 3.8) is 0 Å². The molecule has 1 aliphatic heterocycles. The smallest absolute Gasteiger partial charge is 0.123 e. The van der Waals surface area contributed by atoms with Crippen LogP contribution in [-0.4, -0.2) is 44.9 Å². The largest absolute Gasteiger partial charge is 0.496 e. The lowest BCUT2D eigenvalue weighted by Gasteiger charge is -2.28. The second-order valence-corrected chi connectivity index (χ2v) is 5.69. The first-order valence-electron chi connectivity index (χ1n) is 6.50. The lowest BCUT2D eigenvalue weighted by atomic mass is 10.0. The summed E-state index contributed by atoms with van der Waals surface area (Å²) in [6.45, 7) is 2.51. The van der Waals surface area contributed by atoms with Gasteiger partial charge in [-0.15, -0.1) is 0 Å². The molecule has 2 atom stereocenters. The molecule has 0 aliphatic carbocycles. The molecule has 2 unspecified atom stereocenters. The van der Waals surface area contributed by atoms with Crippen LogP contribution in [0, 0.1) is 0 Å². The van der Waals surface area contributed by atoms with Gasteiger partial charge < -0.3 is 15.2 Å². The molecule has 1 aromatic rings. The Morgan fingerprint density at radius 1 is 1.47 bits per heavy atom. The van der Waals surface area contributed by atoms with Crippen molar-refractivity contribution in [2.45, 2.75) is 18.6 Å². The van der Waals surface area contributed by atoms with Gasteiger partial charge in [-0.25, -0.2) is 0 Å². The normalized spacial score (nSPS) is 21.6. The summed E-state index contributed by atoms with van der Waals surface area (Å²) in [4.78, 5) is 2.37. The minimum absolute atomic E-state index is 0.174. The number of rotatable bonds is 5. The summed E-state index contributed by atoms with van der Waals surface area (Å²) >= 11 is 3.52. The molecular weight excluding hydrogens is 308 g/mol. The van der Waals surface area contributed by atoms with Gasteiger partial charge in [-0.2, -0.15) is 0 Å². The zero-order chi connectivity index (χ0) is 13.8. The highest BCUT2D eigenvalue weighted by molar-refractivity contribution is 9.10. The third kappa shape index (κ3) is 3.28. The topological polar surface area (TPSA) is 47.7 Å². The van der Waals surface area contributed by atoms with E-state index >= 15 is 0 Å². The molecule has 0 bridgehead atoms. The highest BCUT2D eigenvalue weighted by atomic mass is 79.9. The van der Waals surface area contributed by atoms with E-state index in [2.05, 4.69) is 26.9 Å². The first-order chi connectivity index (χ1) is 9.19. The molecule has 2 rings (SSSR count). The number of nitrogens with zero attached hydrogens (tertiary/aromatic N) is 1. The summed E-state index contributed by atoms with van der Waals surface area (Å²) in [5.41, 5.74) is 7.13. The van der Waals surface area contributed by atoms with E-state index in [9.17, 15) is 0 Å². The Morgan fingerprint density at radius 3 is 2.84 bits per heavy atom. The summed E-state index contributed by atoms with van der Waals surface area (Å²) in [5.74, 6) is 0.888. The van der Waals surface area contributed by atoms with Gasteiger partial charge in [0.15, 0.2) is 0 Å². The standard InChI is InChI=1S/C14H21BrN2O2/c1-18-11-5-6-17(9-11)13(8-16)12-7-10(15)3-4-14(12)19-2/h3-4,7,11,13H,5-6,8-9,16H2,1-2H3. The molecule has 19 heavy (non-hydrogen) atoms. The van der Waals surface area contributed by atoms with Crippen LogP contribution in [0.3, 0.4) is 0 Å². The molecule has 0 spiro atoms. The first kappa shape index (κ1) is 14.8. The van der Waals surface area contributed by atoms with E-state index in [0.717, 1.165) is 35.3 Å². The molecule has 0 aromatic heterocycles. The van der Waals surface area contributed by atoms with Crippen molar-refractivity contribution < 1.29 is 9.47 Å². The van der Waals surface area contributed by atoms with Gasteiger partial charge in [0.05, 0.1) is 19.3 Å². The molecule has 4 nitrogen and oxygen atoms in total. The van der Waals surface area contributed by atoms with Gasteiger partial charge in [-0.05, 0) is 24.6 Å². The second-order valence-electron chi connectivity index (χ2n) is 4.78. The number of hydrogen-bond donors (Lipinski definition) is 1. The molecule has 106 valence electrons. The Hall–Kier alpha value is -0.620. The van der Waals surface area contributed by atoms with E-state index in [1.54, 1.807) is 14.2 Å². The van der Waals surface area contributed by atoms with Gasteiger partial charge in [0.25, 0.3) is 0 Å². The monoisotopic (exact) mass is 328 g/mol. The Labute approximate surface area is 123 Å². The Bertz CT molecular complexity index is 428. The van der Waals surface area contributed by atoms with Gasteiger partial charge in [0.1, 0.15) is 5.75 Å². The molecule has 0 saturated carbocycles. The predicted octanol–water partition coefficient (Wildman–Crippen LogP) is 2.18. The summed E-state index contributed by atoms with van der Waals surface area (Å²) in [6, 6.07) is 6.23. The number of hydrogen-bond acceptors (Lipinski definition) is 4. The van der Waals surface area contributed by atoms with Crippen molar-refractivity contribution in [3.05, 3.63) is 28.2 Å². The molecule has 0 radical (unpaired) electrons. The fourth-order valence-electron chi connectivity index (χ4n) is 2.67. The van der Waals surface area contributed by atoms with Gasteiger partial charge >= 0.3 is 0 Å². The fraction of sp³-hybridized carbons (Fsp3) is 0.571. The summed E-state index contributed by atoms with van der Waals surface area (Å²) in [5, 5.41) is 0. The number of nitrogens with two attached hydrogens (primary N) is 1. The third-order valence-corrected chi connectivity index (χ3v) is 4.22. The molecular formula is C14H21BrN2O2. The van der Waals surface area contributed by atoms with Crippen molar-refractivity contribution in [1.29, 1.82) is 0 Å². The molecule has 2 N–H and O–H groups in total. The van der Waals surface area contributed by atoms with E-state index in [-0.39, 0.29) is 6.04 Å². The summed E-state index contributed by atoms with van der Waals surface area (Å²) in [7, 11) is 3.47. The lowest BCUT2D eigenvalue weighted by molar-refractivity contribution is 0.101. The molecule has 1 saturated heterocycles. The van der Waals surface area contributed by atoms with Crippen LogP contribution in [0.4, 0.5) is 0 Å². The zero-order valence-electron chi connectivity index (χ0n) is 11.4. The summed E-state index contributed by atoms with van der Waals surface area (Å²) in [6.07, 6.45) is 1.37. The van der Waals surface area contributed by atoms with Crippen LogP contribution in [0.25, 0.3) is 0 Å².